The van der Waals surface area contributed by atoms with Gasteiger partial charge in [-0.1, -0.05) is 13.8 Å². The Labute approximate surface area is 166 Å². The van der Waals surface area contributed by atoms with Crippen LogP contribution >= 0.6 is 0 Å². The zero-order valence-electron chi connectivity index (χ0n) is 16.3. The molecule has 11 heteroatoms. The Balaban J connectivity index is 2.14. The minimum Gasteiger partial charge on any atom is -0.394 e. The van der Waals surface area contributed by atoms with Crippen molar-refractivity contribution in [3.05, 3.63) is 18.1 Å². The van der Waals surface area contributed by atoms with Gasteiger partial charge in [-0.3, -0.25) is 18.7 Å². The molecule has 0 spiro atoms. The van der Waals surface area contributed by atoms with E-state index in [1.807, 2.05) is 13.8 Å². The number of carbonyl (C=O) groups excluding carboxylic acids is 2. The smallest absolute Gasteiger partial charge is 0.247 e. The van der Waals surface area contributed by atoms with Crippen LogP contribution in [0.5, 0.6) is 0 Å². The summed E-state index contributed by atoms with van der Waals surface area (Å²) in [5.41, 5.74) is 0.486. The molecule has 0 bridgehead atoms. The third-order valence-corrected chi connectivity index (χ3v) is 4.72. The molecule has 3 rings (SSSR count). The fourth-order valence-electron chi connectivity index (χ4n) is 3.23. The minimum atomic E-state index is -1.32. The van der Waals surface area contributed by atoms with Crippen molar-refractivity contribution in [2.45, 2.75) is 64.1 Å². The van der Waals surface area contributed by atoms with Crippen LogP contribution in [0.25, 0.3) is 11.2 Å². The summed E-state index contributed by atoms with van der Waals surface area (Å²) in [5.74, 6) is -0.659. The standard InChI is InChI=1S/C18H25N5O6/c1-3-5-11(25)21-17-13-16(20-9-22(17)12(26)6-4-2)23(8-19-13)18-15(28)14(27)10(7-24)29-18/h8-10,14-15,18,24,27-28H,3-7H2,1-2H3/t10-,14-,15-,18-/m1/s1. The number of fused-ring (bicyclic) bond motifs is 1. The first-order valence-corrected chi connectivity index (χ1v) is 9.60. The van der Waals surface area contributed by atoms with Gasteiger partial charge in [0.1, 0.15) is 24.6 Å². The summed E-state index contributed by atoms with van der Waals surface area (Å²) in [6.07, 6.45) is -0.309. The van der Waals surface area contributed by atoms with Crippen LogP contribution in [0.1, 0.15) is 50.6 Å². The van der Waals surface area contributed by atoms with E-state index in [0.717, 1.165) is 0 Å². The van der Waals surface area contributed by atoms with Crippen molar-refractivity contribution >= 4 is 23.0 Å². The van der Waals surface area contributed by atoms with E-state index in [9.17, 15) is 24.9 Å². The Kier molecular flexibility index (Phi) is 6.52. The van der Waals surface area contributed by atoms with E-state index in [2.05, 4.69) is 15.0 Å². The summed E-state index contributed by atoms with van der Waals surface area (Å²) >= 11 is 0. The van der Waals surface area contributed by atoms with Gasteiger partial charge in [0.05, 0.1) is 12.9 Å². The molecule has 1 fully saturated rings. The summed E-state index contributed by atoms with van der Waals surface area (Å²) in [6, 6.07) is 0. The second-order valence-corrected chi connectivity index (χ2v) is 6.89. The van der Waals surface area contributed by atoms with Gasteiger partial charge in [-0.2, -0.15) is 4.99 Å². The molecule has 3 N–H and O–H groups in total. The number of aromatic nitrogens is 4. The van der Waals surface area contributed by atoms with E-state index in [4.69, 9.17) is 4.74 Å². The Hall–Kier alpha value is -2.47. The lowest BCUT2D eigenvalue weighted by molar-refractivity contribution is -0.118. The van der Waals surface area contributed by atoms with Crippen molar-refractivity contribution in [3.8, 4) is 0 Å². The molecule has 0 aromatic carbocycles. The number of nitrogens with zero attached hydrogens (tertiary/aromatic N) is 5. The Morgan fingerprint density at radius 2 is 1.86 bits per heavy atom. The predicted molar refractivity (Wildman–Crippen MR) is 99.5 cm³/mol. The molecule has 158 valence electrons. The summed E-state index contributed by atoms with van der Waals surface area (Å²) < 4.78 is 8.11. The van der Waals surface area contributed by atoms with Gasteiger partial charge in [-0.05, 0) is 12.8 Å². The Morgan fingerprint density at radius 3 is 2.48 bits per heavy atom. The van der Waals surface area contributed by atoms with Gasteiger partial charge in [0.2, 0.25) is 11.8 Å². The molecular weight excluding hydrogens is 382 g/mol. The van der Waals surface area contributed by atoms with E-state index < -0.39 is 31.1 Å². The number of aliphatic hydroxyl groups is 3. The fraction of sp³-hybridized carbons (Fsp3) is 0.611. The van der Waals surface area contributed by atoms with Crippen LogP contribution < -0.4 is 5.49 Å². The molecule has 1 amide bonds. The van der Waals surface area contributed by atoms with Gasteiger partial charge in [-0.25, -0.2) is 9.97 Å². The molecule has 3 heterocycles. The zero-order valence-corrected chi connectivity index (χ0v) is 16.3. The maximum absolute atomic E-state index is 12.5. The molecule has 11 nitrogen and oxygen atoms in total. The average Bonchev–Trinajstić information content (AvgIpc) is 3.24. The third-order valence-electron chi connectivity index (χ3n) is 4.72. The summed E-state index contributed by atoms with van der Waals surface area (Å²) in [4.78, 5) is 37.2. The monoisotopic (exact) mass is 407 g/mol. The maximum atomic E-state index is 12.5. The highest BCUT2D eigenvalue weighted by molar-refractivity contribution is 5.83. The number of imidazole rings is 1. The molecule has 1 aliphatic heterocycles. The van der Waals surface area contributed by atoms with Gasteiger partial charge in [0, 0.05) is 12.8 Å². The van der Waals surface area contributed by atoms with Gasteiger partial charge in [0.25, 0.3) is 0 Å². The van der Waals surface area contributed by atoms with Crippen molar-refractivity contribution < 1.29 is 29.6 Å². The second kappa shape index (κ2) is 8.91. The van der Waals surface area contributed by atoms with Crippen LogP contribution in [0.4, 0.5) is 0 Å². The van der Waals surface area contributed by atoms with Gasteiger partial charge < -0.3 is 20.1 Å². The summed E-state index contributed by atoms with van der Waals surface area (Å²) in [5, 5.41) is 29.6. The molecule has 4 atom stereocenters. The number of hydrogen-bond acceptors (Lipinski definition) is 8. The SMILES string of the molecule is CCCC(=O)N=c1c2ncn([C@@H]3O[C@H](CO)[C@@H](O)[C@H]3O)c2ncn1C(=O)CCC. The van der Waals surface area contributed by atoms with Gasteiger partial charge >= 0.3 is 0 Å². The van der Waals surface area contributed by atoms with Crippen molar-refractivity contribution in [2.75, 3.05) is 6.61 Å². The van der Waals surface area contributed by atoms with Crippen LogP contribution in [-0.4, -0.2) is 71.2 Å². The molecule has 0 unspecified atom stereocenters. The number of carbonyl (C=O) groups is 2. The van der Waals surface area contributed by atoms with E-state index in [0.29, 0.717) is 12.8 Å². The molecule has 0 saturated carbocycles. The van der Waals surface area contributed by atoms with Crippen molar-refractivity contribution in [2.24, 2.45) is 4.99 Å². The largest absolute Gasteiger partial charge is 0.394 e. The molecule has 2 aromatic heterocycles. The lowest BCUT2D eigenvalue weighted by Gasteiger charge is -2.16. The van der Waals surface area contributed by atoms with Crippen LogP contribution in [-0.2, 0) is 9.53 Å². The van der Waals surface area contributed by atoms with Crippen molar-refractivity contribution in [1.82, 2.24) is 19.1 Å². The number of aliphatic hydroxyl groups excluding tert-OH is 3. The minimum absolute atomic E-state index is 0.0670. The lowest BCUT2D eigenvalue weighted by Crippen LogP contribution is -2.33. The van der Waals surface area contributed by atoms with Crippen molar-refractivity contribution in [3.63, 3.8) is 0 Å². The number of rotatable bonds is 6. The average molecular weight is 407 g/mol. The van der Waals surface area contributed by atoms with Crippen LogP contribution in [0, 0.1) is 0 Å². The molecule has 2 aromatic rings. The molecule has 1 aliphatic rings. The molecule has 0 aliphatic carbocycles. The predicted octanol–water partition coefficient (Wildman–Crippen LogP) is -0.488. The Morgan fingerprint density at radius 1 is 1.14 bits per heavy atom. The highest BCUT2D eigenvalue weighted by Crippen LogP contribution is 2.30. The number of hydrogen-bond donors (Lipinski definition) is 3. The first-order valence-electron chi connectivity index (χ1n) is 9.60. The van der Waals surface area contributed by atoms with E-state index in [1.165, 1.54) is 21.8 Å². The second-order valence-electron chi connectivity index (χ2n) is 6.89. The fourth-order valence-corrected chi connectivity index (χ4v) is 3.23. The topological polar surface area (TPSA) is 152 Å². The number of amides is 1. The van der Waals surface area contributed by atoms with E-state index in [1.54, 1.807) is 0 Å². The first kappa shape index (κ1) is 21.2. The maximum Gasteiger partial charge on any atom is 0.247 e. The van der Waals surface area contributed by atoms with Crippen LogP contribution in [0.3, 0.4) is 0 Å². The third kappa shape index (κ3) is 3.99. The molecule has 29 heavy (non-hydrogen) atoms. The van der Waals surface area contributed by atoms with E-state index in [-0.39, 0.29) is 41.3 Å². The van der Waals surface area contributed by atoms with Gasteiger partial charge in [-0.15, -0.1) is 0 Å². The van der Waals surface area contributed by atoms with Crippen LogP contribution in [0.15, 0.2) is 17.6 Å². The zero-order chi connectivity index (χ0) is 21.1. The Bertz CT molecular complexity index is 967. The van der Waals surface area contributed by atoms with Crippen molar-refractivity contribution in [1.29, 1.82) is 0 Å². The highest BCUT2D eigenvalue weighted by atomic mass is 16.6. The lowest BCUT2D eigenvalue weighted by atomic mass is 10.1. The summed E-state index contributed by atoms with van der Waals surface area (Å²) in [6.45, 7) is 3.24. The summed E-state index contributed by atoms with van der Waals surface area (Å²) in [7, 11) is 0. The highest BCUT2D eigenvalue weighted by Gasteiger charge is 2.44. The normalized spacial score (nSPS) is 25.1. The molecular formula is C18H25N5O6. The quantitative estimate of drug-likeness (QED) is 0.580. The molecule has 1 saturated heterocycles. The van der Waals surface area contributed by atoms with E-state index >= 15 is 0 Å². The number of ether oxygens (including phenoxy) is 1. The van der Waals surface area contributed by atoms with Crippen LogP contribution in [0.2, 0.25) is 0 Å². The van der Waals surface area contributed by atoms with Gasteiger partial charge in [0.15, 0.2) is 22.9 Å². The first-order chi connectivity index (χ1) is 13.9. The molecule has 0 radical (unpaired) electrons.